The minimum absolute atomic E-state index is 0.00412. The topological polar surface area (TPSA) is 123 Å². The Balaban J connectivity index is 1.64. The van der Waals surface area contributed by atoms with Crippen LogP contribution in [-0.4, -0.2) is 21.3 Å². The van der Waals surface area contributed by atoms with Gasteiger partial charge in [-0.05, 0) is 48.4 Å². The van der Waals surface area contributed by atoms with Gasteiger partial charge in [0.25, 0.3) is 17.2 Å². The lowest BCUT2D eigenvalue weighted by molar-refractivity contribution is -0.384. The predicted molar refractivity (Wildman–Crippen MR) is 144 cm³/mol. The van der Waals surface area contributed by atoms with Crippen LogP contribution in [0.4, 0.5) is 17.1 Å². The number of aryl methyl sites for hydroxylation is 1. The number of fused-ring (bicyclic) bond motifs is 1. The summed E-state index contributed by atoms with van der Waals surface area (Å²) in [6.07, 6.45) is 1.68. The molecule has 0 atom stereocenters. The first-order chi connectivity index (χ1) is 17.8. The smallest absolute Gasteiger partial charge is 0.269 e. The Hall–Kier alpha value is -5.05. The highest BCUT2D eigenvalue weighted by Gasteiger charge is 2.18. The van der Waals surface area contributed by atoms with Gasteiger partial charge in [0.05, 0.1) is 22.5 Å². The maximum Gasteiger partial charge on any atom is 0.269 e. The zero-order valence-corrected chi connectivity index (χ0v) is 20.1. The van der Waals surface area contributed by atoms with Crippen molar-refractivity contribution in [3.8, 4) is 0 Å². The number of amides is 2. The van der Waals surface area contributed by atoms with Crippen LogP contribution in [0.2, 0.25) is 0 Å². The number of hydrogen-bond donors (Lipinski definition) is 2. The molecule has 2 amide bonds. The zero-order chi connectivity index (χ0) is 26.5. The van der Waals surface area contributed by atoms with E-state index in [0.29, 0.717) is 34.4 Å². The highest BCUT2D eigenvalue weighted by atomic mass is 16.6. The highest BCUT2D eigenvalue weighted by Crippen LogP contribution is 2.24. The van der Waals surface area contributed by atoms with Gasteiger partial charge in [0, 0.05) is 29.8 Å². The third-order valence-corrected chi connectivity index (χ3v) is 5.89. The predicted octanol–water partition coefficient (Wildman–Crippen LogP) is 5.01. The van der Waals surface area contributed by atoms with Crippen molar-refractivity contribution < 1.29 is 14.5 Å². The van der Waals surface area contributed by atoms with Crippen molar-refractivity contribution in [3.63, 3.8) is 0 Å². The van der Waals surface area contributed by atoms with E-state index in [1.165, 1.54) is 34.9 Å². The Morgan fingerprint density at radius 1 is 1.03 bits per heavy atom. The lowest BCUT2D eigenvalue weighted by atomic mass is 10.1. The van der Waals surface area contributed by atoms with Gasteiger partial charge >= 0.3 is 0 Å². The maximum atomic E-state index is 13.1. The lowest BCUT2D eigenvalue weighted by Crippen LogP contribution is -2.29. The van der Waals surface area contributed by atoms with Crippen LogP contribution >= 0.6 is 0 Å². The van der Waals surface area contributed by atoms with Crippen molar-refractivity contribution in [2.75, 3.05) is 10.6 Å². The van der Waals surface area contributed by atoms with E-state index < -0.39 is 16.4 Å². The molecule has 0 fully saturated rings. The number of aromatic nitrogens is 1. The van der Waals surface area contributed by atoms with Crippen LogP contribution in [0.5, 0.6) is 0 Å². The summed E-state index contributed by atoms with van der Waals surface area (Å²) < 4.78 is 1.48. The third kappa shape index (κ3) is 5.46. The molecule has 0 bridgehead atoms. The fourth-order valence-electron chi connectivity index (χ4n) is 4.00. The highest BCUT2D eigenvalue weighted by molar-refractivity contribution is 6.08. The van der Waals surface area contributed by atoms with Crippen LogP contribution < -0.4 is 16.2 Å². The number of hydrogen-bond acceptors (Lipinski definition) is 5. The summed E-state index contributed by atoms with van der Waals surface area (Å²) in [6, 6.07) is 19.4. The number of anilines is 2. The van der Waals surface area contributed by atoms with Gasteiger partial charge < -0.3 is 15.2 Å². The molecule has 0 spiro atoms. The molecule has 0 aliphatic heterocycles. The number of nitrogens with zero attached hydrogens (tertiary/aromatic N) is 2. The number of nitro groups is 1. The van der Waals surface area contributed by atoms with Gasteiger partial charge in [0.1, 0.15) is 5.56 Å². The molecule has 9 heteroatoms. The SMILES string of the molecule is C=Cc1ccc(NC(=O)c2cc3c(NC(=O)Cc4ccc([N+](=O)[O-])cc4)cccc3n(CC)c2=O)cc1. The number of nitro benzene ring substituents is 1. The van der Waals surface area contributed by atoms with E-state index in [9.17, 15) is 24.5 Å². The van der Waals surface area contributed by atoms with E-state index in [1.807, 2.05) is 0 Å². The molecular formula is C28H24N4O5. The van der Waals surface area contributed by atoms with Crippen molar-refractivity contribution in [2.24, 2.45) is 0 Å². The van der Waals surface area contributed by atoms with Gasteiger partial charge in [-0.2, -0.15) is 0 Å². The van der Waals surface area contributed by atoms with E-state index in [4.69, 9.17) is 0 Å². The van der Waals surface area contributed by atoms with Crippen molar-refractivity contribution in [3.05, 3.63) is 117 Å². The average molecular weight is 497 g/mol. The molecule has 9 nitrogen and oxygen atoms in total. The Kier molecular flexibility index (Phi) is 7.24. The largest absolute Gasteiger partial charge is 0.325 e. The molecule has 3 aromatic carbocycles. The molecule has 1 aromatic heterocycles. The monoisotopic (exact) mass is 496 g/mol. The number of rotatable bonds is 8. The summed E-state index contributed by atoms with van der Waals surface area (Å²) in [5.74, 6) is -0.906. The number of carbonyl (C=O) groups excluding carboxylic acids is 2. The first kappa shape index (κ1) is 25.1. The van der Waals surface area contributed by atoms with Crippen molar-refractivity contribution in [2.45, 2.75) is 19.9 Å². The quantitative estimate of drug-likeness (QED) is 0.262. The Bertz CT molecular complexity index is 1570. The third-order valence-electron chi connectivity index (χ3n) is 5.89. The van der Waals surface area contributed by atoms with Crippen LogP contribution in [0.1, 0.15) is 28.4 Å². The summed E-state index contributed by atoms with van der Waals surface area (Å²) >= 11 is 0. The molecular weight excluding hydrogens is 472 g/mol. The maximum absolute atomic E-state index is 13.1. The summed E-state index contributed by atoms with van der Waals surface area (Å²) in [5.41, 5.74) is 2.50. The first-order valence-electron chi connectivity index (χ1n) is 11.5. The van der Waals surface area contributed by atoms with E-state index >= 15 is 0 Å². The van der Waals surface area contributed by atoms with Crippen LogP contribution in [0.15, 0.2) is 84.2 Å². The van der Waals surface area contributed by atoms with E-state index in [-0.39, 0.29) is 23.6 Å². The summed E-state index contributed by atoms with van der Waals surface area (Å²) in [5, 5.41) is 17.0. The second kappa shape index (κ2) is 10.7. The van der Waals surface area contributed by atoms with Gasteiger partial charge in [-0.3, -0.25) is 24.5 Å². The van der Waals surface area contributed by atoms with Crippen LogP contribution in [0.3, 0.4) is 0 Å². The molecule has 2 N–H and O–H groups in total. The standard InChI is InChI=1S/C28H24N4O5/c1-3-18-8-12-20(13-9-18)29-27(34)23-17-22-24(6-5-7-25(22)31(4-2)28(23)35)30-26(33)16-19-10-14-21(15-11-19)32(36)37/h3,5-15,17H,1,4,16H2,2H3,(H,29,34)(H,30,33). The van der Waals surface area contributed by atoms with Crippen LogP contribution in [0, 0.1) is 10.1 Å². The molecule has 0 aliphatic carbocycles. The molecule has 37 heavy (non-hydrogen) atoms. The molecule has 0 aliphatic rings. The summed E-state index contributed by atoms with van der Waals surface area (Å²) in [7, 11) is 0. The van der Waals surface area contributed by atoms with Crippen molar-refractivity contribution in [1.29, 1.82) is 0 Å². The van der Waals surface area contributed by atoms with Gasteiger partial charge in [0.2, 0.25) is 5.91 Å². The second-order valence-electron chi connectivity index (χ2n) is 8.27. The molecule has 186 valence electrons. The molecule has 4 aromatic rings. The van der Waals surface area contributed by atoms with Gasteiger partial charge in [0.15, 0.2) is 0 Å². The minimum Gasteiger partial charge on any atom is -0.325 e. The van der Waals surface area contributed by atoms with Crippen molar-refractivity contribution >= 4 is 45.9 Å². The van der Waals surface area contributed by atoms with Gasteiger partial charge in [-0.25, -0.2) is 0 Å². The number of carbonyl (C=O) groups is 2. The van der Waals surface area contributed by atoms with Crippen LogP contribution in [-0.2, 0) is 17.8 Å². The Morgan fingerprint density at radius 3 is 2.35 bits per heavy atom. The molecule has 4 rings (SSSR count). The molecule has 0 radical (unpaired) electrons. The van der Waals surface area contributed by atoms with Crippen LogP contribution in [0.25, 0.3) is 17.0 Å². The number of pyridine rings is 1. The molecule has 0 unspecified atom stereocenters. The number of nitrogens with one attached hydrogen (secondary N) is 2. The zero-order valence-electron chi connectivity index (χ0n) is 20.1. The van der Waals surface area contributed by atoms with E-state index in [0.717, 1.165) is 5.56 Å². The Labute approximate surface area is 212 Å². The summed E-state index contributed by atoms with van der Waals surface area (Å²) in [4.78, 5) is 49.3. The van der Waals surface area contributed by atoms with E-state index in [2.05, 4.69) is 17.2 Å². The lowest BCUT2D eigenvalue weighted by Gasteiger charge is -2.15. The average Bonchev–Trinajstić information content (AvgIpc) is 2.89. The summed E-state index contributed by atoms with van der Waals surface area (Å²) in [6.45, 7) is 5.83. The number of benzene rings is 3. The first-order valence-corrected chi connectivity index (χ1v) is 11.5. The van der Waals surface area contributed by atoms with Crippen molar-refractivity contribution in [1.82, 2.24) is 4.57 Å². The van der Waals surface area contributed by atoms with E-state index in [1.54, 1.807) is 55.5 Å². The second-order valence-corrected chi connectivity index (χ2v) is 8.27. The van der Waals surface area contributed by atoms with Gasteiger partial charge in [-0.15, -0.1) is 0 Å². The molecule has 0 saturated heterocycles. The minimum atomic E-state index is -0.563. The van der Waals surface area contributed by atoms with Gasteiger partial charge in [-0.1, -0.05) is 43.0 Å². The Morgan fingerprint density at radius 2 is 1.73 bits per heavy atom. The fraction of sp³-hybridized carbons (Fsp3) is 0.107. The number of non-ortho nitro benzene ring substituents is 1. The normalized spacial score (nSPS) is 10.6. The molecule has 1 heterocycles. The fourth-order valence-corrected chi connectivity index (χ4v) is 4.00. The molecule has 0 saturated carbocycles.